The van der Waals surface area contributed by atoms with Crippen molar-refractivity contribution in [2.45, 2.75) is 71.8 Å². The third kappa shape index (κ3) is 10.8. The molecule has 0 fully saturated rings. The Hall–Kier alpha value is -3.42. The number of pyridine rings is 1. The number of hydrogen-bond donors (Lipinski definition) is 0. The van der Waals surface area contributed by atoms with Crippen LogP contribution in [0.4, 0.5) is 8.78 Å². The number of nitrogens with zero attached hydrogens (tertiary/aromatic N) is 4. The summed E-state index contributed by atoms with van der Waals surface area (Å²) in [4.78, 5) is 19.0. The Labute approximate surface area is 245 Å². The van der Waals surface area contributed by atoms with Gasteiger partial charge in [-0.3, -0.25) is 23.3 Å². The van der Waals surface area contributed by atoms with Crippen LogP contribution in [0.15, 0.2) is 61.2 Å². The van der Waals surface area contributed by atoms with Crippen molar-refractivity contribution in [1.29, 1.82) is 0 Å². The van der Waals surface area contributed by atoms with Crippen LogP contribution in [0.3, 0.4) is 0 Å². The number of amides is 1. The minimum Gasteiger partial charge on any atom is -0.339 e. The first-order valence-corrected chi connectivity index (χ1v) is 14.8. The molecule has 12 heteroatoms. The van der Waals surface area contributed by atoms with Gasteiger partial charge in [-0.25, -0.2) is 9.25 Å². The number of carbonyl (C=O) groups excluding carboxylic acids is 1. The predicted octanol–water partition coefficient (Wildman–Crippen LogP) is 6.51. The summed E-state index contributed by atoms with van der Waals surface area (Å²) in [6.45, 7) is 7.82. The monoisotopic (exact) mass is 602 g/mol. The van der Waals surface area contributed by atoms with Gasteiger partial charge in [-0.05, 0) is 53.2 Å². The molecule has 0 saturated carbocycles. The molecule has 9 nitrogen and oxygen atoms in total. The largest absolute Gasteiger partial charge is 0.476 e. The summed E-state index contributed by atoms with van der Waals surface area (Å²) in [5, 5.41) is 3.56. The highest BCUT2D eigenvalue weighted by Gasteiger charge is 2.40. The first kappa shape index (κ1) is 33.1. The minimum absolute atomic E-state index is 0.0570. The molecule has 0 N–H and O–H groups in total. The number of phosphoric acid groups is 1. The molecule has 0 radical (unpaired) electrons. The van der Waals surface area contributed by atoms with Gasteiger partial charge < -0.3 is 4.90 Å². The summed E-state index contributed by atoms with van der Waals surface area (Å²) in [5.74, 6) is 5.19. The van der Waals surface area contributed by atoms with Crippen LogP contribution >= 0.6 is 7.82 Å². The summed E-state index contributed by atoms with van der Waals surface area (Å²) >= 11 is 0. The second-order valence-electron chi connectivity index (χ2n) is 11.7. The van der Waals surface area contributed by atoms with E-state index in [9.17, 15) is 18.1 Å². The lowest BCUT2D eigenvalue weighted by atomic mass is 10.1. The minimum atomic E-state index is -4.09. The molecule has 0 spiro atoms. The van der Waals surface area contributed by atoms with Crippen molar-refractivity contribution in [3.8, 4) is 11.8 Å². The number of carbonyl (C=O) groups is 1. The molecule has 42 heavy (non-hydrogen) atoms. The molecular formula is C30H37F2N4O5P. The van der Waals surface area contributed by atoms with E-state index < -0.39 is 31.7 Å². The molecule has 3 rings (SSSR count). The van der Waals surface area contributed by atoms with Gasteiger partial charge in [0.25, 0.3) is 5.91 Å². The zero-order chi connectivity index (χ0) is 31.1. The fourth-order valence-electron chi connectivity index (χ4n) is 3.81. The molecule has 2 heterocycles. The molecule has 0 saturated heterocycles. The Morgan fingerprint density at radius 2 is 1.62 bits per heavy atom. The maximum Gasteiger partial charge on any atom is 0.476 e. The van der Waals surface area contributed by atoms with Crippen LogP contribution in [-0.2, 0) is 24.6 Å². The van der Waals surface area contributed by atoms with Gasteiger partial charge in [-0.15, -0.1) is 0 Å². The lowest BCUT2D eigenvalue weighted by Gasteiger charge is -2.34. The van der Waals surface area contributed by atoms with Crippen LogP contribution in [0.5, 0.6) is 0 Å². The molecule has 0 aliphatic carbocycles. The van der Waals surface area contributed by atoms with Crippen molar-refractivity contribution in [2.75, 3.05) is 13.6 Å². The molecule has 3 aromatic rings. The smallest absolute Gasteiger partial charge is 0.339 e. The quantitative estimate of drug-likeness (QED) is 0.193. The average Bonchev–Trinajstić information content (AvgIpc) is 3.35. The number of halogens is 2. The van der Waals surface area contributed by atoms with E-state index in [1.807, 2.05) is 30.3 Å². The molecule has 0 aliphatic heterocycles. The molecule has 226 valence electrons. The normalized spacial score (nSPS) is 13.0. The van der Waals surface area contributed by atoms with Crippen LogP contribution in [-0.4, -0.2) is 56.5 Å². The summed E-state index contributed by atoms with van der Waals surface area (Å²) < 4.78 is 57.7. The SMILES string of the molecule is CN(C[C@H](Cc1ccccc1)OP(=O)(OC(C)(C)C)OC(C)(C)C)C(=O)c1cncc(C#Cc2cnn(C(F)F)c2)c1. The van der Waals surface area contributed by atoms with Crippen molar-refractivity contribution < 1.29 is 31.7 Å². The Morgan fingerprint density at radius 1 is 1.00 bits per heavy atom. The van der Waals surface area contributed by atoms with Crippen LogP contribution < -0.4 is 0 Å². The Bertz CT molecular complexity index is 1440. The molecule has 0 unspecified atom stereocenters. The van der Waals surface area contributed by atoms with Gasteiger partial charge in [0, 0.05) is 44.2 Å². The highest BCUT2D eigenvalue weighted by molar-refractivity contribution is 7.48. The maximum atomic E-state index is 13.9. The second-order valence-corrected chi connectivity index (χ2v) is 13.1. The fraction of sp³-hybridized carbons (Fsp3) is 0.433. The van der Waals surface area contributed by atoms with Crippen molar-refractivity contribution in [2.24, 2.45) is 0 Å². The number of alkyl halides is 2. The van der Waals surface area contributed by atoms with Gasteiger partial charge in [0.1, 0.15) is 0 Å². The van der Waals surface area contributed by atoms with E-state index in [1.54, 1.807) is 54.7 Å². The van der Waals surface area contributed by atoms with Crippen LogP contribution in [0.1, 0.15) is 75.1 Å². The van der Waals surface area contributed by atoms with Crippen molar-refractivity contribution in [1.82, 2.24) is 19.7 Å². The van der Waals surface area contributed by atoms with Gasteiger partial charge in [0.2, 0.25) is 0 Å². The van der Waals surface area contributed by atoms with Gasteiger partial charge in [0.05, 0.1) is 34.6 Å². The Kier molecular flexibility index (Phi) is 10.8. The summed E-state index contributed by atoms with van der Waals surface area (Å²) in [7, 11) is -2.49. The number of aromatic nitrogens is 3. The maximum absolute atomic E-state index is 13.9. The fourth-order valence-corrected chi connectivity index (χ4v) is 5.79. The molecule has 0 aliphatic rings. The number of rotatable bonds is 10. The van der Waals surface area contributed by atoms with Gasteiger partial charge in [0.15, 0.2) is 0 Å². The van der Waals surface area contributed by atoms with Crippen LogP contribution in [0, 0.1) is 11.8 Å². The highest BCUT2D eigenvalue weighted by atomic mass is 31.2. The molecule has 1 aromatic carbocycles. The zero-order valence-electron chi connectivity index (χ0n) is 24.9. The molecule has 2 aromatic heterocycles. The molecule has 1 atom stereocenters. The van der Waals surface area contributed by atoms with E-state index in [0.29, 0.717) is 22.2 Å². The average molecular weight is 603 g/mol. The third-order valence-corrected chi connectivity index (χ3v) is 7.42. The highest BCUT2D eigenvalue weighted by Crippen LogP contribution is 2.56. The van der Waals surface area contributed by atoms with Gasteiger partial charge >= 0.3 is 14.4 Å². The Morgan fingerprint density at radius 3 is 2.19 bits per heavy atom. The number of phosphoric ester groups is 1. The lowest BCUT2D eigenvalue weighted by molar-refractivity contribution is -0.0147. The van der Waals surface area contributed by atoms with E-state index in [-0.39, 0.29) is 18.0 Å². The second kappa shape index (κ2) is 13.7. The van der Waals surface area contributed by atoms with E-state index in [2.05, 4.69) is 21.9 Å². The first-order valence-electron chi connectivity index (χ1n) is 13.3. The van der Waals surface area contributed by atoms with E-state index >= 15 is 0 Å². The number of benzene rings is 1. The molecule has 0 bridgehead atoms. The zero-order valence-corrected chi connectivity index (χ0v) is 25.8. The third-order valence-electron chi connectivity index (χ3n) is 5.32. The van der Waals surface area contributed by atoms with Gasteiger partial charge in [-0.2, -0.15) is 13.9 Å². The Balaban J connectivity index is 1.83. The predicted molar refractivity (Wildman–Crippen MR) is 155 cm³/mol. The van der Waals surface area contributed by atoms with Crippen LogP contribution in [0.2, 0.25) is 0 Å². The van der Waals surface area contributed by atoms with E-state index in [0.717, 1.165) is 11.8 Å². The van der Waals surface area contributed by atoms with Crippen LogP contribution in [0.25, 0.3) is 0 Å². The lowest BCUT2D eigenvalue weighted by Crippen LogP contribution is -2.37. The van der Waals surface area contributed by atoms with Crippen molar-refractivity contribution in [3.05, 3.63) is 83.4 Å². The standard InChI is InChI=1S/C30H37F2N4O5P/c1-29(2,3)40-42(38,41-30(4,5)6)39-26(16-22-11-9-8-10-12-22)21-35(7)27(37)25-15-23(17-33-19-25)13-14-24-18-34-36(20-24)28(31)32/h8-12,15,17-20,26,28H,16,21H2,1-7H3/t26-/m0/s1. The van der Waals surface area contributed by atoms with E-state index in [4.69, 9.17) is 13.6 Å². The van der Waals surface area contributed by atoms with Crippen molar-refractivity contribution in [3.63, 3.8) is 0 Å². The topological polar surface area (TPSA) is 95.8 Å². The van der Waals surface area contributed by atoms with E-state index in [1.165, 1.54) is 23.5 Å². The summed E-state index contributed by atoms with van der Waals surface area (Å²) in [6.07, 6.45) is 4.81. The van der Waals surface area contributed by atoms with Crippen molar-refractivity contribution >= 4 is 13.7 Å². The van der Waals surface area contributed by atoms with Gasteiger partial charge in [-0.1, -0.05) is 42.2 Å². The summed E-state index contributed by atoms with van der Waals surface area (Å²) in [6, 6.07) is 11.0. The summed E-state index contributed by atoms with van der Waals surface area (Å²) in [5.41, 5.74) is 0.222. The number of likely N-dealkylation sites (N-methyl/N-ethyl adjacent to an activating group) is 1. The molecular weight excluding hydrogens is 565 g/mol. The number of hydrogen-bond acceptors (Lipinski definition) is 7. The first-order chi connectivity index (χ1) is 19.5. The molecule has 1 amide bonds.